The van der Waals surface area contributed by atoms with Crippen LogP contribution in [0.15, 0.2) is 35.0 Å². The second-order valence-electron chi connectivity index (χ2n) is 7.38. The maximum Gasteiger partial charge on any atom is 0.308 e. The highest BCUT2D eigenvalue weighted by Gasteiger charge is 2.27. The number of benzene rings is 2. The third-order valence-corrected chi connectivity index (χ3v) is 4.67. The van der Waals surface area contributed by atoms with Gasteiger partial charge in [-0.25, -0.2) is 0 Å². The van der Waals surface area contributed by atoms with Gasteiger partial charge in [0, 0.05) is 12.0 Å². The third kappa shape index (κ3) is 4.71. The fourth-order valence-electron chi connectivity index (χ4n) is 3.15. The first kappa shape index (κ1) is 23.2. The molecule has 8 nitrogen and oxygen atoms in total. The molecule has 30 heavy (non-hydrogen) atoms. The summed E-state index contributed by atoms with van der Waals surface area (Å²) >= 11 is 0. The van der Waals surface area contributed by atoms with Crippen LogP contribution in [0.5, 0.6) is 11.5 Å². The highest BCUT2D eigenvalue weighted by Crippen LogP contribution is 2.48. The van der Waals surface area contributed by atoms with Crippen molar-refractivity contribution < 1.29 is 24.2 Å². The van der Waals surface area contributed by atoms with Crippen LogP contribution in [0.4, 0.5) is 11.4 Å². The predicted molar refractivity (Wildman–Crippen MR) is 116 cm³/mol. The molecule has 1 atom stereocenters. The number of nitrogens with one attached hydrogen (secondary N) is 1. The average molecular weight is 416 g/mol. The number of ether oxygens (including phenoxy) is 3. The van der Waals surface area contributed by atoms with E-state index in [1.807, 2.05) is 19.9 Å². The van der Waals surface area contributed by atoms with Crippen molar-refractivity contribution in [3.05, 3.63) is 40.3 Å². The molecule has 0 heterocycles. The predicted octanol–water partition coefficient (Wildman–Crippen LogP) is 5.65. The van der Waals surface area contributed by atoms with Crippen LogP contribution in [0, 0.1) is 10.8 Å². The Balaban J connectivity index is 2.86. The Kier molecular flexibility index (Phi) is 7.77. The minimum Gasteiger partial charge on any atom is -0.496 e. The molecule has 0 aromatic heterocycles. The lowest BCUT2D eigenvalue weighted by Gasteiger charge is -2.24. The molecule has 2 N–H and O–H groups in total. The molecule has 0 unspecified atom stereocenters. The Morgan fingerprint density at radius 3 is 2.40 bits per heavy atom. The van der Waals surface area contributed by atoms with Crippen LogP contribution in [0.2, 0.25) is 0 Å². The van der Waals surface area contributed by atoms with Crippen molar-refractivity contribution in [2.75, 3.05) is 19.7 Å². The summed E-state index contributed by atoms with van der Waals surface area (Å²) in [6, 6.07) is 4.67. The standard InChI is InChI=1S/C22H28N2O6/c1-12(2)7-10-17(30-22(25)13(3)4)14-11-18(28-5)19-15(23-26)8-9-16(24-27)20(19)21(14)29-6/h7-9,11,13,17,23,26H,10H2,1-6H3/t17-/m1/s1. The zero-order valence-corrected chi connectivity index (χ0v) is 18.1. The average Bonchev–Trinajstić information content (AvgIpc) is 2.73. The molecular weight excluding hydrogens is 388 g/mol. The van der Waals surface area contributed by atoms with E-state index in [0.717, 1.165) is 5.57 Å². The van der Waals surface area contributed by atoms with Gasteiger partial charge in [-0.1, -0.05) is 25.5 Å². The van der Waals surface area contributed by atoms with Gasteiger partial charge >= 0.3 is 5.97 Å². The van der Waals surface area contributed by atoms with Crippen molar-refractivity contribution >= 4 is 28.1 Å². The normalized spacial score (nSPS) is 11.7. The topological polar surface area (TPSA) is 106 Å². The first-order valence-electron chi connectivity index (χ1n) is 9.57. The summed E-state index contributed by atoms with van der Waals surface area (Å²) in [5.74, 6) is 0.0135. The summed E-state index contributed by atoms with van der Waals surface area (Å²) in [5, 5.41) is 13.4. The number of nitroso groups, excluding NO2 is 1. The molecule has 0 bridgehead atoms. The van der Waals surface area contributed by atoms with Gasteiger partial charge < -0.3 is 14.2 Å². The molecule has 0 aliphatic carbocycles. The van der Waals surface area contributed by atoms with Gasteiger partial charge in [-0.15, -0.1) is 4.91 Å². The van der Waals surface area contributed by atoms with E-state index in [2.05, 4.69) is 10.7 Å². The number of nitrogens with zero attached hydrogens (tertiary/aromatic N) is 1. The van der Waals surface area contributed by atoms with Crippen molar-refractivity contribution in [1.29, 1.82) is 0 Å². The van der Waals surface area contributed by atoms with Gasteiger partial charge in [0.25, 0.3) is 0 Å². The number of anilines is 1. The molecule has 2 aromatic rings. The van der Waals surface area contributed by atoms with Crippen molar-refractivity contribution in [3.63, 3.8) is 0 Å². The number of fused-ring (bicyclic) bond motifs is 1. The minimum atomic E-state index is -0.673. The third-order valence-electron chi connectivity index (χ3n) is 4.67. The smallest absolute Gasteiger partial charge is 0.308 e. The van der Waals surface area contributed by atoms with Crippen LogP contribution in [0.3, 0.4) is 0 Å². The second kappa shape index (κ2) is 10.1. The van der Waals surface area contributed by atoms with Crippen molar-refractivity contribution in [3.8, 4) is 11.5 Å². The van der Waals surface area contributed by atoms with E-state index in [0.29, 0.717) is 39.9 Å². The van der Waals surface area contributed by atoms with Gasteiger partial charge in [0.05, 0.1) is 36.6 Å². The molecule has 2 rings (SSSR count). The zero-order valence-electron chi connectivity index (χ0n) is 18.1. The summed E-state index contributed by atoms with van der Waals surface area (Å²) in [5.41, 5.74) is 4.14. The fraction of sp³-hybridized carbons (Fsp3) is 0.409. The quantitative estimate of drug-likeness (QED) is 0.235. The zero-order chi connectivity index (χ0) is 22.4. The maximum absolute atomic E-state index is 12.4. The monoisotopic (exact) mass is 416 g/mol. The summed E-state index contributed by atoms with van der Waals surface area (Å²) in [6.45, 7) is 7.42. The van der Waals surface area contributed by atoms with Gasteiger partial charge in [-0.3, -0.25) is 15.5 Å². The minimum absolute atomic E-state index is 0.108. The Bertz CT molecular complexity index is 964. The van der Waals surface area contributed by atoms with Crippen molar-refractivity contribution in [2.24, 2.45) is 11.1 Å². The van der Waals surface area contributed by atoms with Gasteiger partial charge in [-0.05, 0) is 37.2 Å². The lowest BCUT2D eigenvalue weighted by Crippen LogP contribution is -2.17. The molecule has 0 aliphatic rings. The van der Waals surface area contributed by atoms with E-state index in [1.165, 1.54) is 26.4 Å². The highest BCUT2D eigenvalue weighted by atomic mass is 16.5. The molecule has 0 amide bonds. The number of carbonyl (C=O) groups excluding carboxylic acids is 1. The molecule has 0 aliphatic heterocycles. The SMILES string of the molecule is COc1cc([C@@H](CC=C(C)C)OC(=O)C(C)C)c(OC)c2c(N=O)ccc(NO)c12. The van der Waals surface area contributed by atoms with Crippen LogP contribution in [0.25, 0.3) is 10.8 Å². The molecule has 162 valence electrons. The number of methoxy groups -OCH3 is 2. The fourth-order valence-corrected chi connectivity index (χ4v) is 3.15. The van der Waals surface area contributed by atoms with Gasteiger partial charge in [0.1, 0.15) is 23.3 Å². The van der Waals surface area contributed by atoms with Crippen LogP contribution >= 0.6 is 0 Å². The number of hydrogen-bond acceptors (Lipinski definition) is 8. The number of allylic oxidation sites excluding steroid dienone is 1. The molecule has 0 radical (unpaired) electrons. The Morgan fingerprint density at radius 1 is 1.20 bits per heavy atom. The molecular formula is C22H28N2O6. The van der Waals surface area contributed by atoms with Crippen LogP contribution < -0.4 is 15.0 Å². The van der Waals surface area contributed by atoms with E-state index in [-0.39, 0.29) is 17.6 Å². The van der Waals surface area contributed by atoms with E-state index in [9.17, 15) is 14.9 Å². The lowest BCUT2D eigenvalue weighted by molar-refractivity contribution is -0.153. The van der Waals surface area contributed by atoms with Crippen LogP contribution in [0.1, 0.15) is 45.8 Å². The first-order chi connectivity index (χ1) is 14.3. The van der Waals surface area contributed by atoms with E-state index in [4.69, 9.17) is 14.2 Å². The Morgan fingerprint density at radius 2 is 1.90 bits per heavy atom. The number of carbonyl (C=O) groups is 1. The van der Waals surface area contributed by atoms with Gasteiger partial charge in [0.15, 0.2) is 0 Å². The molecule has 0 saturated heterocycles. The van der Waals surface area contributed by atoms with E-state index < -0.39 is 6.10 Å². The van der Waals surface area contributed by atoms with Crippen LogP contribution in [-0.2, 0) is 9.53 Å². The van der Waals surface area contributed by atoms with Crippen molar-refractivity contribution in [2.45, 2.75) is 40.2 Å². The molecule has 0 fully saturated rings. The summed E-state index contributed by atoms with van der Waals surface area (Å²) < 4.78 is 17.0. The maximum atomic E-state index is 12.4. The lowest BCUT2D eigenvalue weighted by atomic mass is 9.96. The number of rotatable bonds is 9. The molecule has 0 saturated carbocycles. The Labute approximate surface area is 175 Å². The summed E-state index contributed by atoms with van der Waals surface area (Å²) in [4.78, 5) is 23.9. The molecule has 2 aromatic carbocycles. The molecule has 0 spiro atoms. The largest absolute Gasteiger partial charge is 0.496 e. The highest BCUT2D eigenvalue weighted by molar-refractivity contribution is 6.08. The van der Waals surface area contributed by atoms with Crippen LogP contribution in [-0.4, -0.2) is 25.4 Å². The molecule has 8 heteroatoms. The summed E-state index contributed by atoms with van der Waals surface area (Å²) in [7, 11) is 2.93. The summed E-state index contributed by atoms with van der Waals surface area (Å²) in [6.07, 6.45) is 1.69. The van der Waals surface area contributed by atoms with E-state index >= 15 is 0 Å². The number of hydrogen-bond donors (Lipinski definition) is 2. The van der Waals surface area contributed by atoms with E-state index in [1.54, 1.807) is 19.9 Å². The van der Waals surface area contributed by atoms with Gasteiger partial charge in [0.2, 0.25) is 0 Å². The second-order valence-corrected chi connectivity index (χ2v) is 7.38. The van der Waals surface area contributed by atoms with Crippen molar-refractivity contribution in [1.82, 2.24) is 0 Å². The number of esters is 1. The first-order valence-corrected chi connectivity index (χ1v) is 9.57. The Hall–Kier alpha value is -3.13. The van der Waals surface area contributed by atoms with Gasteiger partial charge in [-0.2, -0.15) is 0 Å².